The van der Waals surface area contributed by atoms with E-state index in [1.807, 2.05) is 24.3 Å². The normalized spacial score (nSPS) is 10.3. The number of ether oxygens (including phenoxy) is 1. The van der Waals surface area contributed by atoms with Crippen molar-refractivity contribution in [2.24, 2.45) is 0 Å². The number of hydrogen-bond acceptors (Lipinski definition) is 5. The summed E-state index contributed by atoms with van der Waals surface area (Å²) in [6.45, 7) is 2.92. The highest BCUT2D eigenvalue weighted by molar-refractivity contribution is 7.80. The SMILES string of the molecule is CCCCCCCOc1ccc(NC(=S)NC(=O)c2ccc(O)nc2)cc1. The lowest BCUT2D eigenvalue weighted by atomic mass is 10.2. The summed E-state index contributed by atoms with van der Waals surface area (Å²) < 4.78 is 5.72. The Kier molecular flexibility index (Phi) is 8.51. The number of carbonyl (C=O) groups excluding carboxylic acids is 1. The van der Waals surface area contributed by atoms with Crippen LogP contribution in [0.25, 0.3) is 0 Å². The maximum Gasteiger partial charge on any atom is 0.258 e. The molecule has 0 fully saturated rings. The molecule has 0 saturated carbocycles. The highest BCUT2D eigenvalue weighted by atomic mass is 32.1. The van der Waals surface area contributed by atoms with E-state index in [-0.39, 0.29) is 11.0 Å². The van der Waals surface area contributed by atoms with Crippen molar-refractivity contribution < 1.29 is 14.6 Å². The van der Waals surface area contributed by atoms with Crippen LogP contribution in [0.1, 0.15) is 49.4 Å². The molecule has 0 saturated heterocycles. The molecule has 6 nitrogen and oxygen atoms in total. The first-order chi connectivity index (χ1) is 13.1. The number of aromatic hydroxyl groups is 1. The number of carbonyl (C=O) groups is 1. The molecule has 0 atom stereocenters. The Morgan fingerprint density at radius 1 is 1.11 bits per heavy atom. The fraction of sp³-hybridized carbons (Fsp3) is 0.350. The maximum absolute atomic E-state index is 12.0. The average Bonchev–Trinajstić information content (AvgIpc) is 2.66. The molecule has 27 heavy (non-hydrogen) atoms. The minimum absolute atomic E-state index is 0.143. The molecular weight excluding hydrogens is 362 g/mol. The highest BCUT2D eigenvalue weighted by Gasteiger charge is 2.08. The lowest BCUT2D eigenvalue weighted by molar-refractivity contribution is 0.0977. The van der Waals surface area contributed by atoms with Gasteiger partial charge in [0.25, 0.3) is 5.91 Å². The molecule has 0 unspecified atom stereocenters. The zero-order valence-corrected chi connectivity index (χ0v) is 16.2. The first-order valence-electron chi connectivity index (χ1n) is 9.08. The molecular formula is C20H25N3O3S. The van der Waals surface area contributed by atoms with Crippen LogP contribution in [-0.2, 0) is 0 Å². The summed E-state index contributed by atoms with van der Waals surface area (Å²) in [7, 11) is 0. The molecule has 0 bridgehead atoms. The Labute approximate surface area is 165 Å². The maximum atomic E-state index is 12.0. The third-order valence-electron chi connectivity index (χ3n) is 3.87. The molecule has 7 heteroatoms. The number of anilines is 1. The Bertz CT molecular complexity index is 733. The molecule has 1 aromatic carbocycles. The van der Waals surface area contributed by atoms with Gasteiger partial charge in [-0.05, 0) is 49.0 Å². The number of hydrogen-bond donors (Lipinski definition) is 3. The van der Waals surface area contributed by atoms with Crippen molar-refractivity contribution in [1.29, 1.82) is 0 Å². The van der Waals surface area contributed by atoms with Crippen LogP contribution >= 0.6 is 12.2 Å². The number of pyridine rings is 1. The predicted molar refractivity (Wildman–Crippen MR) is 110 cm³/mol. The van der Waals surface area contributed by atoms with E-state index in [0.717, 1.165) is 17.9 Å². The van der Waals surface area contributed by atoms with Crippen LogP contribution in [0.2, 0.25) is 0 Å². The van der Waals surface area contributed by atoms with Crippen LogP contribution in [0.15, 0.2) is 42.6 Å². The summed E-state index contributed by atoms with van der Waals surface area (Å²) in [5, 5.41) is 14.8. The van der Waals surface area contributed by atoms with Gasteiger partial charge in [-0.2, -0.15) is 0 Å². The average molecular weight is 388 g/mol. The first-order valence-corrected chi connectivity index (χ1v) is 9.49. The molecule has 3 N–H and O–H groups in total. The quantitative estimate of drug-likeness (QED) is 0.440. The van der Waals surface area contributed by atoms with E-state index in [1.165, 1.54) is 44.0 Å². The van der Waals surface area contributed by atoms with Gasteiger partial charge in [-0.15, -0.1) is 0 Å². The fourth-order valence-electron chi connectivity index (χ4n) is 2.39. The molecule has 1 heterocycles. The second kappa shape index (κ2) is 11.1. The molecule has 0 aliphatic heterocycles. The molecule has 0 spiro atoms. The van der Waals surface area contributed by atoms with Gasteiger partial charge < -0.3 is 15.2 Å². The topological polar surface area (TPSA) is 83.5 Å². The second-order valence-electron chi connectivity index (χ2n) is 6.10. The molecule has 0 radical (unpaired) electrons. The lowest BCUT2D eigenvalue weighted by Gasteiger charge is -2.11. The lowest BCUT2D eigenvalue weighted by Crippen LogP contribution is -2.34. The van der Waals surface area contributed by atoms with E-state index < -0.39 is 5.91 Å². The van der Waals surface area contributed by atoms with E-state index in [0.29, 0.717) is 12.2 Å². The van der Waals surface area contributed by atoms with E-state index in [9.17, 15) is 4.79 Å². The Morgan fingerprint density at radius 2 is 1.85 bits per heavy atom. The van der Waals surface area contributed by atoms with Crippen LogP contribution in [-0.4, -0.2) is 27.7 Å². The van der Waals surface area contributed by atoms with Gasteiger partial charge >= 0.3 is 0 Å². The summed E-state index contributed by atoms with van der Waals surface area (Å²) in [4.78, 5) is 15.7. The Hall–Kier alpha value is -2.67. The molecule has 144 valence electrons. The number of aromatic nitrogens is 1. The number of thiocarbonyl (C=S) groups is 1. The van der Waals surface area contributed by atoms with Crippen LogP contribution in [0.5, 0.6) is 11.6 Å². The number of unbranched alkanes of at least 4 members (excludes halogenated alkanes) is 4. The number of benzene rings is 1. The summed E-state index contributed by atoms with van der Waals surface area (Å²) in [6.07, 6.45) is 7.30. The summed E-state index contributed by atoms with van der Waals surface area (Å²) in [5.74, 6) is 0.264. The van der Waals surface area contributed by atoms with Crippen LogP contribution < -0.4 is 15.4 Å². The number of amides is 1. The van der Waals surface area contributed by atoms with Gasteiger partial charge in [0.05, 0.1) is 12.2 Å². The van der Waals surface area contributed by atoms with Crippen LogP contribution in [0.3, 0.4) is 0 Å². The molecule has 1 aromatic heterocycles. The summed E-state index contributed by atoms with van der Waals surface area (Å²) >= 11 is 5.15. The number of nitrogens with zero attached hydrogens (tertiary/aromatic N) is 1. The van der Waals surface area contributed by atoms with Gasteiger partial charge in [-0.25, -0.2) is 4.98 Å². The summed E-state index contributed by atoms with van der Waals surface area (Å²) in [6, 6.07) is 10.2. The van der Waals surface area contributed by atoms with Crippen molar-refractivity contribution in [3.63, 3.8) is 0 Å². The number of nitrogens with one attached hydrogen (secondary N) is 2. The van der Waals surface area contributed by atoms with Gasteiger partial charge in [0.15, 0.2) is 5.11 Å². The van der Waals surface area contributed by atoms with E-state index in [1.54, 1.807) is 0 Å². The Morgan fingerprint density at radius 3 is 2.52 bits per heavy atom. The molecule has 1 amide bonds. The van der Waals surface area contributed by atoms with Gasteiger partial charge in [-0.3, -0.25) is 10.1 Å². The van der Waals surface area contributed by atoms with Gasteiger partial charge in [-0.1, -0.05) is 32.6 Å². The molecule has 0 aliphatic carbocycles. The van der Waals surface area contributed by atoms with Crippen molar-refractivity contribution in [1.82, 2.24) is 10.3 Å². The van der Waals surface area contributed by atoms with E-state index >= 15 is 0 Å². The third-order valence-corrected chi connectivity index (χ3v) is 4.07. The smallest absolute Gasteiger partial charge is 0.258 e. The number of rotatable bonds is 9. The molecule has 2 aromatic rings. The largest absolute Gasteiger partial charge is 0.494 e. The van der Waals surface area contributed by atoms with E-state index in [4.69, 9.17) is 22.1 Å². The fourth-order valence-corrected chi connectivity index (χ4v) is 2.60. The molecule has 0 aliphatic rings. The first kappa shape index (κ1) is 20.6. The minimum Gasteiger partial charge on any atom is -0.494 e. The van der Waals surface area contributed by atoms with Crippen LogP contribution in [0, 0.1) is 0 Å². The standard InChI is InChI=1S/C20H25N3O3S/c1-2-3-4-5-6-13-26-17-10-8-16(9-11-17)22-20(27)23-19(25)15-7-12-18(24)21-14-15/h7-12,14H,2-6,13H2,1H3,(H,21,24)(H2,22,23,25,27). The minimum atomic E-state index is -0.400. The zero-order valence-electron chi connectivity index (χ0n) is 15.4. The zero-order chi connectivity index (χ0) is 19.5. The van der Waals surface area contributed by atoms with Gasteiger partial charge in [0.2, 0.25) is 5.88 Å². The van der Waals surface area contributed by atoms with Crippen LogP contribution in [0.4, 0.5) is 5.69 Å². The molecule has 2 rings (SSSR count). The van der Waals surface area contributed by atoms with Gasteiger partial charge in [0.1, 0.15) is 5.75 Å². The van der Waals surface area contributed by atoms with Gasteiger partial charge in [0, 0.05) is 18.0 Å². The van der Waals surface area contributed by atoms with Crippen molar-refractivity contribution in [2.75, 3.05) is 11.9 Å². The highest BCUT2D eigenvalue weighted by Crippen LogP contribution is 2.16. The third kappa shape index (κ3) is 7.62. The summed E-state index contributed by atoms with van der Waals surface area (Å²) in [5.41, 5.74) is 1.05. The van der Waals surface area contributed by atoms with Crippen molar-refractivity contribution in [2.45, 2.75) is 39.0 Å². The van der Waals surface area contributed by atoms with Crippen molar-refractivity contribution in [3.05, 3.63) is 48.2 Å². The monoisotopic (exact) mass is 387 g/mol. The predicted octanol–water partition coefficient (Wildman–Crippen LogP) is 4.26. The Balaban J connectivity index is 1.74. The second-order valence-corrected chi connectivity index (χ2v) is 6.51. The van der Waals surface area contributed by atoms with Crippen molar-refractivity contribution >= 4 is 28.9 Å². The van der Waals surface area contributed by atoms with E-state index in [2.05, 4.69) is 22.5 Å². The van der Waals surface area contributed by atoms with Crippen molar-refractivity contribution in [3.8, 4) is 11.6 Å².